The smallest absolute Gasteiger partial charge is 0.194 e. The van der Waals surface area contributed by atoms with E-state index in [2.05, 4.69) is 10.1 Å². The molecule has 2 atom stereocenters. The molecule has 0 fully saturated rings. The van der Waals surface area contributed by atoms with E-state index in [0.717, 1.165) is 10.9 Å². The van der Waals surface area contributed by atoms with E-state index < -0.39 is 11.8 Å². The fourth-order valence-electron chi connectivity index (χ4n) is 3.22. The molecule has 134 valence electrons. The van der Waals surface area contributed by atoms with Gasteiger partial charge in [0.2, 0.25) is 0 Å². The van der Waals surface area contributed by atoms with E-state index in [9.17, 15) is 9.50 Å². The Morgan fingerprint density at radius 1 is 1.19 bits per heavy atom. The lowest BCUT2D eigenvalue weighted by Crippen LogP contribution is -2.34. The summed E-state index contributed by atoms with van der Waals surface area (Å²) in [6, 6.07) is 14.4. The van der Waals surface area contributed by atoms with Gasteiger partial charge >= 0.3 is 0 Å². The first kappa shape index (κ1) is 16.9. The number of hydrogen-bond acceptors (Lipinski definition) is 4. The summed E-state index contributed by atoms with van der Waals surface area (Å²) in [5.41, 5.74) is 1.38. The Morgan fingerprint density at radius 3 is 2.69 bits per heavy atom. The number of fused-ring (bicyclic) bond motifs is 1. The standard InChI is InChI=1S/C20H20FN3O2/c1-2-20(13-25)12-22-19(26-20)18-15-8-4-6-10-17(15)24(23-18)11-14-7-3-5-9-16(14)21/h3-10,12,19,25H,2,11,13H2,1H3. The van der Waals surface area contributed by atoms with Gasteiger partial charge < -0.3 is 9.84 Å². The zero-order valence-corrected chi connectivity index (χ0v) is 14.5. The summed E-state index contributed by atoms with van der Waals surface area (Å²) in [5.74, 6) is -0.256. The second-order valence-electron chi connectivity index (χ2n) is 6.48. The molecule has 0 spiro atoms. The molecule has 26 heavy (non-hydrogen) atoms. The van der Waals surface area contributed by atoms with Gasteiger partial charge in [-0.2, -0.15) is 5.10 Å². The highest BCUT2D eigenvalue weighted by Gasteiger charge is 2.37. The second-order valence-corrected chi connectivity index (χ2v) is 6.48. The van der Waals surface area contributed by atoms with E-state index in [1.54, 1.807) is 23.0 Å². The normalized spacial score (nSPS) is 22.3. The van der Waals surface area contributed by atoms with Crippen molar-refractivity contribution in [3.05, 3.63) is 65.6 Å². The van der Waals surface area contributed by atoms with Crippen molar-refractivity contribution in [3.63, 3.8) is 0 Å². The van der Waals surface area contributed by atoms with Crippen LogP contribution in [0.2, 0.25) is 0 Å². The number of aliphatic imine (C=N–C) groups is 1. The van der Waals surface area contributed by atoms with Crippen molar-refractivity contribution in [2.45, 2.75) is 31.7 Å². The van der Waals surface area contributed by atoms with Crippen LogP contribution in [0.5, 0.6) is 0 Å². The van der Waals surface area contributed by atoms with E-state index in [1.165, 1.54) is 6.07 Å². The lowest BCUT2D eigenvalue weighted by atomic mass is 10.0. The molecule has 1 aromatic heterocycles. The molecule has 4 rings (SSSR count). The zero-order chi connectivity index (χ0) is 18.1. The molecular formula is C20H20FN3O2. The summed E-state index contributed by atoms with van der Waals surface area (Å²) in [7, 11) is 0. The Bertz CT molecular complexity index is 963. The molecule has 0 amide bonds. The number of aliphatic hydroxyl groups excluding tert-OH is 1. The van der Waals surface area contributed by atoms with Crippen molar-refractivity contribution in [3.8, 4) is 0 Å². The van der Waals surface area contributed by atoms with Gasteiger partial charge in [0.05, 0.1) is 18.7 Å². The Kier molecular flexibility index (Phi) is 4.30. The molecule has 6 heteroatoms. The third-order valence-electron chi connectivity index (χ3n) is 4.86. The minimum atomic E-state index is -0.763. The quantitative estimate of drug-likeness (QED) is 0.764. The van der Waals surface area contributed by atoms with Crippen LogP contribution in [0.1, 0.15) is 30.8 Å². The molecule has 1 aliphatic rings. The maximum Gasteiger partial charge on any atom is 0.194 e. The van der Waals surface area contributed by atoms with Crippen LogP contribution in [-0.2, 0) is 11.3 Å². The summed E-state index contributed by atoms with van der Waals surface area (Å²) in [6.45, 7) is 2.14. The molecule has 3 aromatic rings. The lowest BCUT2D eigenvalue weighted by Gasteiger charge is -2.22. The van der Waals surface area contributed by atoms with Gasteiger partial charge in [0.1, 0.15) is 17.1 Å². The third kappa shape index (κ3) is 2.81. The van der Waals surface area contributed by atoms with Crippen LogP contribution in [0.4, 0.5) is 4.39 Å². The SMILES string of the molecule is CCC1(CO)C=NC(c2nn(Cc3ccccc3F)c3ccccc23)O1. The minimum absolute atomic E-state index is 0.128. The first-order valence-corrected chi connectivity index (χ1v) is 8.67. The fourth-order valence-corrected chi connectivity index (χ4v) is 3.22. The lowest BCUT2D eigenvalue weighted by molar-refractivity contribution is -0.0576. The number of benzene rings is 2. The monoisotopic (exact) mass is 353 g/mol. The third-order valence-corrected chi connectivity index (χ3v) is 4.86. The number of aliphatic hydroxyl groups is 1. The molecule has 2 heterocycles. The Morgan fingerprint density at radius 2 is 1.96 bits per heavy atom. The Hall–Kier alpha value is -2.57. The van der Waals surface area contributed by atoms with Crippen molar-refractivity contribution in [1.82, 2.24) is 9.78 Å². The summed E-state index contributed by atoms with van der Waals surface area (Å²) < 4.78 is 21.8. The predicted octanol–water partition coefficient (Wildman–Crippen LogP) is 3.46. The van der Waals surface area contributed by atoms with E-state index in [4.69, 9.17) is 4.74 Å². The van der Waals surface area contributed by atoms with Gasteiger partial charge in [-0.25, -0.2) is 4.39 Å². The average molecular weight is 353 g/mol. The van der Waals surface area contributed by atoms with Gasteiger partial charge in [-0.3, -0.25) is 9.67 Å². The van der Waals surface area contributed by atoms with Crippen LogP contribution in [0.15, 0.2) is 53.5 Å². The molecule has 0 saturated carbocycles. The summed E-state index contributed by atoms with van der Waals surface area (Å²) >= 11 is 0. The van der Waals surface area contributed by atoms with Crippen LogP contribution in [0, 0.1) is 5.82 Å². The molecular weight excluding hydrogens is 333 g/mol. The van der Waals surface area contributed by atoms with E-state index >= 15 is 0 Å². The zero-order valence-electron chi connectivity index (χ0n) is 14.5. The van der Waals surface area contributed by atoms with E-state index in [1.807, 2.05) is 37.3 Å². The molecule has 0 saturated heterocycles. The summed E-state index contributed by atoms with van der Waals surface area (Å²) in [6.07, 6.45) is 1.72. The van der Waals surface area contributed by atoms with Crippen molar-refractivity contribution in [2.75, 3.05) is 6.61 Å². The van der Waals surface area contributed by atoms with E-state index in [0.29, 0.717) is 24.2 Å². The maximum absolute atomic E-state index is 14.1. The second kappa shape index (κ2) is 6.63. The number of rotatable bonds is 5. The largest absolute Gasteiger partial charge is 0.393 e. The predicted molar refractivity (Wildman–Crippen MR) is 97.7 cm³/mol. The van der Waals surface area contributed by atoms with Gasteiger partial charge in [0.15, 0.2) is 6.23 Å². The van der Waals surface area contributed by atoms with Crippen molar-refractivity contribution < 1.29 is 14.2 Å². The molecule has 0 bridgehead atoms. The maximum atomic E-state index is 14.1. The Labute approximate surface area is 150 Å². The number of nitrogens with zero attached hydrogens (tertiary/aromatic N) is 3. The molecule has 2 aromatic carbocycles. The van der Waals surface area contributed by atoms with Crippen molar-refractivity contribution in [1.29, 1.82) is 0 Å². The van der Waals surface area contributed by atoms with Gasteiger partial charge in [-0.05, 0) is 18.6 Å². The molecule has 1 N–H and O–H groups in total. The molecule has 1 aliphatic heterocycles. The number of ether oxygens (including phenoxy) is 1. The summed E-state index contributed by atoms with van der Waals surface area (Å²) in [4.78, 5) is 4.43. The Balaban J connectivity index is 1.74. The molecule has 5 nitrogen and oxygen atoms in total. The number of para-hydroxylation sites is 1. The summed E-state index contributed by atoms with van der Waals surface area (Å²) in [5, 5.41) is 15.2. The van der Waals surface area contributed by atoms with Crippen LogP contribution in [0.3, 0.4) is 0 Å². The average Bonchev–Trinajstić information content (AvgIpc) is 3.26. The van der Waals surface area contributed by atoms with Crippen molar-refractivity contribution >= 4 is 17.1 Å². The van der Waals surface area contributed by atoms with Crippen LogP contribution >= 0.6 is 0 Å². The first-order valence-electron chi connectivity index (χ1n) is 8.67. The van der Waals surface area contributed by atoms with Gasteiger partial charge in [0, 0.05) is 17.2 Å². The highest BCUT2D eigenvalue weighted by molar-refractivity contribution is 5.83. The van der Waals surface area contributed by atoms with Crippen LogP contribution < -0.4 is 0 Å². The van der Waals surface area contributed by atoms with Crippen LogP contribution in [0.25, 0.3) is 10.9 Å². The number of halogens is 1. The van der Waals surface area contributed by atoms with Gasteiger partial charge in [-0.1, -0.05) is 43.3 Å². The molecule has 2 unspecified atom stereocenters. The van der Waals surface area contributed by atoms with E-state index in [-0.39, 0.29) is 12.4 Å². The van der Waals surface area contributed by atoms with Gasteiger partial charge in [-0.15, -0.1) is 0 Å². The fraction of sp³-hybridized carbons (Fsp3) is 0.300. The van der Waals surface area contributed by atoms with Crippen molar-refractivity contribution in [2.24, 2.45) is 4.99 Å². The minimum Gasteiger partial charge on any atom is -0.393 e. The molecule has 0 radical (unpaired) electrons. The topological polar surface area (TPSA) is 59.6 Å². The number of hydrogen-bond donors (Lipinski definition) is 1. The first-order chi connectivity index (χ1) is 12.7. The number of aromatic nitrogens is 2. The molecule has 0 aliphatic carbocycles. The van der Waals surface area contributed by atoms with Crippen LogP contribution in [-0.4, -0.2) is 33.3 Å². The highest BCUT2D eigenvalue weighted by atomic mass is 19.1. The van der Waals surface area contributed by atoms with Gasteiger partial charge in [0.25, 0.3) is 0 Å². The highest BCUT2D eigenvalue weighted by Crippen LogP contribution is 2.35.